The van der Waals surface area contributed by atoms with E-state index in [1.54, 1.807) is 0 Å². The van der Waals surface area contributed by atoms with E-state index in [0.717, 1.165) is 0 Å². The summed E-state index contributed by atoms with van der Waals surface area (Å²) in [6, 6.07) is 3.56. The van der Waals surface area contributed by atoms with E-state index in [0.29, 0.717) is 25.1 Å². The van der Waals surface area contributed by atoms with Crippen molar-refractivity contribution in [1.29, 1.82) is 0 Å². The number of hydrogen-bond donors (Lipinski definition) is 2. The number of anilines is 1. The Morgan fingerprint density at radius 1 is 1.33 bits per heavy atom. The second kappa shape index (κ2) is 4.90. The van der Waals surface area contributed by atoms with E-state index in [9.17, 15) is 23.1 Å². The van der Waals surface area contributed by atoms with Gasteiger partial charge in [-0.1, -0.05) is 0 Å². The van der Waals surface area contributed by atoms with Crippen LogP contribution in [-0.4, -0.2) is 48.7 Å². The van der Waals surface area contributed by atoms with E-state index in [1.807, 2.05) is 0 Å². The molecule has 1 unspecified atom stereocenters. The van der Waals surface area contributed by atoms with Crippen LogP contribution < -0.4 is 5.32 Å². The van der Waals surface area contributed by atoms with Crippen molar-refractivity contribution in [2.24, 2.45) is 0 Å². The normalized spacial score (nSPS) is 22.4. The fraction of sp³-hybridized carbons (Fsp3) is 0.385. The van der Waals surface area contributed by atoms with E-state index in [4.69, 9.17) is 0 Å². The van der Waals surface area contributed by atoms with Crippen molar-refractivity contribution in [1.82, 2.24) is 4.31 Å². The number of ketones is 1. The Bertz CT molecular complexity index is 728. The number of fused-ring (bicyclic) bond motifs is 1. The highest BCUT2D eigenvalue weighted by atomic mass is 32.2. The highest BCUT2D eigenvalue weighted by molar-refractivity contribution is 7.89. The maximum atomic E-state index is 12.6. The van der Waals surface area contributed by atoms with Gasteiger partial charge in [0.1, 0.15) is 0 Å². The van der Waals surface area contributed by atoms with Crippen LogP contribution in [0.25, 0.3) is 0 Å². The van der Waals surface area contributed by atoms with Crippen molar-refractivity contribution in [2.45, 2.75) is 23.8 Å². The van der Waals surface area contributed by atoms with Crippen molar-refractivity contribution in [2.75, 3.05) is 18.5 Å². The van der Waals surface area contributed by atoms with Crippen LogP contribution in [0, 0.1) is 0 Å². The van der Waals surface area contributed by atoms with E-state index in [-0.39, 0.29) is 17.1 Å². The van der Waals surface area contributed by atoms with Gasteiger partial charge >= 0.3 is 0 Å². The smallest absolute Gasteiger partial charge is 0.296 e. The second-order valence-electron chi connectivity index (χ2n) is 5.09. The minimum absolute atomic E-state index is 0.0357. The summed E-state index contributed by atoms with van der Waals surface area (Å²) in [5, 5.41) is 11.6. The maximum absolute atomic E-state index is 12.6. The quantitative estimate of drug-likeness (QED) is 0.763. The van der Waals surface area contributed by atoms with Gasteiger partial charge in [0.15, 0.2) is 0 Å². The first-order valence-corrected chi connectivity index (χ1v) is 8.01. The molecule has 7 nitrogen and oxygen atoms in total. The van der Waals surface area contributed by atoms with Crippen molar-refractivity contribution in [3.8, 4) is 0 Å². The number of carbonyl (C=O) groups excluding carboxylic acids is 2. The molecule has 0 radical (unpaired) electrons. The zero-order chi connectivity index (χ0) is 15.2. The lowest BCUT2D eigenvalue weighted by Gasteiger charge is -2.22. The summed E-state index contributed by atoms with van der Waals surface area (Å²) in [4.78, 5) is 22.9. The fourth-order valence-electron chi connectivity index (χ4n) is 2.73. The summed E-state index contributed by atoms with van der Waals surface area (Å²) in [5.41, 5.74) is 0.393. The van der Waals surface area contributed by atoms with Crippen molar-refractivity contribution in [3.63, 3.8) is 0 Å². The van der Waals surface area contributed by atoms with Gasteiger partial charge in [-0.15, -0.1) is 0 Å². The highest BCUT2D eigenvalue weighted by Crippen LogP contribution is 2.30. The zero-order valence-corrected chi connectivity index (χ0v) is 11.9. The van der Waals surface area contributed by atoms with Crippen LogP contribution >= 0.6 is 0 Å². The molecule has 0 aromatic heterocycles. The van der Waals surface area contributed by atoms with E-state index in [2.05, 4.69) is 5.32 Å². The summed E-state index contributed by atoms with van der Waals surface area (Å²) < 4.78 is 26.4. The third-order valence-corrected chi connectivity index (χ3v) is 5.78. The molecular formula is C13H14N2O5S. The molecule has 112 valence electrons. The van der Waals surface area contributed by atoms with E-state index in [1.165, 1.54) is 22.5 Å². The van der Waals surface area contributed by atoms with Crippen molar-refractivity contribution >= 4 is 27.4 Å². The first-order chi connectivity index (χ1) is 9.95. The zero-order valence-electron chi connectivity index (χ0n) is 11.1. The Kier molecular flexibility index (Phi) is 3.31. The number of rotatable bonds is 3. The molecule has 2 N–H and O–H groups in total. The number of amides is 1. The van der Waals surface area contributed by atoms with Crippen LogP contribution in [0.3, 0.4) is 0 Å². The number of carbonyl (C=O) groups is 2. The molecule has 2 heterocycles. The summed E-state index contributed by atoms with van der Waals surface area (Å²) in [6.07, 6.45) is 1.30. The lowest BCUT2D eigenvalue weighted by molar-refractivity contribution is -0.112. The molecule has 0 spiro atoms. The Morgan fingerprint density at radius 2 is 2.10 bits per heavy atom. The molecule has 1 aromatic rings. The number of aliphatic hydroxyl groups is 1. The molecule has 1 fully saturated rings. The van der Waals surface area contributed by atoms with Gasteiger partial charge in [-0.05, 0) is 31.0 Å². The minimum atomic E-state index is -3.78. The van der Waals surface area contributed by atoms with Gasteiger partial charge < -0.3 is 10.4 Å². The molecule has 3 rings (SSSR count). The third-order valence-electron chi connectivity index (χ3n) is 3.83. The Balaban J connectivity index is 2.01. The second-order valence-corrected chi connectivity index (χ2v) is 6.98. The molecular weight excluding hydrogens is 296 g/mol. The summed E-state index contributed by atoms with van der Waals surface area (Å²) in [5.74, 6) is -1.49. The number of nitrogens with zero attached hydrogens (tertiary/aromatic N) is 1. The Morgan fingerprint density at radius 3 is 2.81 bits per heavy atom. The minimum Gasteiger partial charge on any atom is -0.395 e. The average Bonchev–Trinajstić information content (AvgIpc) is 3.05. The largest absolute Gasteiger partial charge is 0.395 e. The van der Waals surface area contributed by atoms with Gasteiger partial charge in [-0.25, -0.2) is 8.42 Å². The standard InChI is InChI=1S/C13H14N2O5S/c16-7-8-2-1-5-15(8)21(19,20)9-3-4-11-10(6-9)12(17)13(18)14-11/h3-4,6,8,16H,1-2,5,7H2,(H,14,17,18). The van der Waals surface area contributed by atoms with Crippen LogP contribution in [-0.2, 0) is 14.8 Å². The number of sulfonamides is 1. The SMILES string of the molecule is O=C1Nc2ccc(S(=O)(=O)N3CCCC3CO)cc2C1=O. The monoisotopic (exact) mass is 310 g/mol. The number of aliphatic hydroxyl groups excluding tert-OH is 1. The molecule has 1 amide bonds. The van der Waals surface area contributed by atoms with Gasteiger partial charge in [-0.2, -0.15) is 4.31 Å². The van der Waals surface area contributed by atoms with Crippen molar-refractivity contribution in [3.05, 3.63) is 23.8 Å². The van der Waals surface area contributed by atoms with Gasteiger partial charge in [0.05, 0.1) is 22.8 Å². The van der Waals surface area contributed by atoms with Crippen LogP contribution in [0.15, 0.2) is 23.1 Å². The summed E-state index contributed by atoms with van der Waals surface area (Å²) in [6.45, 7) is 0.110. The van der Waals surface area contributed by atoms with Gasteiger partial charge in [-0.3, -0.25) is 9.59 Å². The summed E-state index contributed by atoms with van der Waals surface area (Å²) in [7, 11) is -3.78. The third kappa shape index (κ3) is 2.15. The lowest BCUT2D eigenvalue weighted by atomic mass is 10.1. The van der Waals surface area contributed by atoms with Gasteiger partial charge in [0, 0.05) is 12.6 Å². The molecule has 8 heteroatoms. The predicted octanol–water partition coefficient (Wildman–Crippen LogP) is -0.0332. The maximum Gasteiger partial charge on any atom is 0.296 e. The van der Waals surface area contributed by atoms with E-state index < -0.39 is 27.8 Å². The van der Waals surface area contributed by atoms with Crippen molar-refractivity contribution < 1.29 is 23.1 Å². The average molecular weight is 310 g/mol. The number of nitrogens with one attached hydrogen (secondary N) is 1. The molecule has 2 aliphatic heterocycles. The number of benzene rings is 1. The number of hydrogen-bond acceptors (Lipinski definition) is 5. The Labute approximate surface area is 121 Å². The highest BCUT2D eigenvalue weighted by Gasteiger charge is 2.36. The molecule has 2 aliphatic rings. The van der Waals surface area contributed by atoms with Gasteiger partial charge in [0.25, 0.3) is 11.7 Å². The predicted molar refractivity (Wildman–Crippen MR) is 73.4 cm³/mol. The molecule has 1 saturated heterocycles. The van der Waals surface area contributed by atoms with Crippen LogP contribution in [0.2, 0.25) is 0 Å². The summed E-state index contributed by atoms with van der Waals surface area (Å²) >= 11 is 0. The molecule has 21 heavy (non-hydrogen) atoms. The fourth-order valence-corrected chi connectivity index (χ4v) is 4.44. The molecule has 0 bridgehead atoms. The van der Waals surface area contributed by atoms with Gasteiger partial charge in [0.2, 0.25) is 10.0 Å². The van der Waals surface area contributed by atoms with E-state index >= 15 is 0 Å². The lowest BCUT2D eigenvalue weighted by Crippen LogP contribution is -2.37. The number of Topliss-reactive ketones (excluding diaryl/α,β-unsaturated/α-hetero) is 1. The molecule has 1 atom stereocenters. The van der Waals surface area contributed by atoms with Crippen LogP contribution in [0.5, 0.6) is 0 Å². The molecule has 1 aromatic carbocycles. The van der Waals surface area contributed by atoms with Crippen LogP contribution in [0.1, 0.15) is 23.2 Å². The van der Waals surface area contributed by atoms with Crippen LogP contribution in [0.4, 0.5) is 5.69 Å². The molecule has 0 saturated carbocycles. The first-order valence-electron chi connectivity index (χ1n) is 6.57. The first kappa shape index (κ1) is 14.2. The molecule has 0 aliphatic carbocycles. The Hall–Kier alpha value is -1.77. The topological polar surface area (TPSA) is 104 Å².